The van der Waals surface area contributed by atoms with Gasteiger partial charge >= 0.3 is 11.9 Å². The molecule has 1 aliphatic heterocycles. The van der Waals surface area contributed by atoms with Crippen LogP contribution in [0, 0.1) is 28.6 Å². The summed E-state index contributed by atoms with van der Waals surface area (Å²) in [5.74, 6) is -3.13. The van der Waals surface area contributed by atoms with Crippen LogP contribution in [0.5, 0.6) is 0 Å². The van der Waals surface area contributed by atoms with Crippen LogP contribution < -0.4 is 0 Å². The van der Waals surface area contributed by atoms with Crippen molar-refractivity contribution in [3.63, 3.8) is 0 Å². The summed E-state index contributed by atoms with van der Waals surface area (Å²) in [7, 11) is 0. The number of carbonyl (C=O) groups excluding carboxylic acids is 4. The summed E-state index contributed by atoms with van der Waals surface area (Å²) in [4.78, 5) is 62.8. The second-order valence-electron chi connectivity index (χ2n) is 13.3. The van der Waals surface area contributed by atoms with E-state index in [1.54, 1.807) is 6.08 Å². The molecule has 226 valence electrons. The number of nitrogens with zero attached hydrogens (tertiary/aromatic N) is 1. The van der Waals surface area contributed by atoms with Gasteiger partial charge in [-0.25, -0.2) is 4.79 Å². The number of carboxylic acids is 1. The van der Waals surface area contributed by atoms with Gasteiger partial charge in [-0.1, -0.05) is 19.4 Å². The number of fused-ring (bicyclic) bond motifs is 5. The lowest BCUT2D eigenvalue weighted by Gasteiger charge is -2.60. The smallest absolute Gasteiger partial charge is 0.326 e. The predicted octanol–water partition coefficient (Wildman–Crippen LogP) is 1.16. The lowest BCUT2D eigenvalue weighted by atomic mass is 9.45. The molecule has 0 spiro atoms. The number of β-amino-alcohol motifs (C(OH)–C–C–N with tert-alkyl or cyclic N) is 1. The van der Waals surface area contributed by atoms with Crippen molar-refractivity contribution in [3.05, 3.63) is 11.6 Å². The number of aliphatic hydroxyl groups excluding tert-OH is 2. The number of amides is 1. The molecule has 3 saturated carbocycles. The maximum absolute atomic E-state index is 13.4. The summed E-state index contributed by atoms with van der Waals surface area (Å²) in [6.45, 7) is 3.20. The van der Waals surface area contributed by atoms with E-state index in [1.165, 1.54) is 0 Å². The molecule has 4 N–H and O–H groups in total. The Bertz CT molecular complexity index is 1180. The van der Waals surface area contributed by atoms with E-state index in [1.807, 2.05) is 6.92 Å². The van der Waals surface area contributed by atoms with Gasteiger partial charge in [0.2, 0.25) is 11.7 Å². The van der Waals surface area contributed by atoms with Crippen molar-refractivity contribution in [1.82, 2.24) is 4.90 Å². The normalized spacial score (nSPS) is 41.6. The van der Waals surface area contributed by atoms with Gasteiger partial charge in [0.05, 0.1) is 18.6 Å². The fraction of sp³-hybridized carbons (Fsp3) is 0.767. The van der Waals surface area contributed by atoms with Gasteiger partial charge in [0.1, 0.15) is 11.6 Å². The first-order valence-electron chi connectivity index (χ1n) is 14.7. The number of ketones is 2. The van der Waals surface area contributed by atoms with Crippen LogP contribution >= 0.6 is 0 Å². The standard InChI is InChI=1S/C30H41NO10/c1-28-9-7-17(32)11-16(28)3-4-19-20-8-10-30(40,29(20,2)13-22(34)26(19)28)23(35)15-41-25(37)6-5-24(36)31-14-18(33)12-21(31)27(38)39/h11,18-22,26,33-34,40H,3-10,12-15H2,1-2H3,(H,38,39)/t18-,19+,20+,21+,22+,26-,28+,29+,30+/m1/s1. The first-order chi connectivity index (χ1) is 19.2. The zero-order valence-electron chi connectivity index (χ0n) is 23.7. The van der Waals surface area contributed by atoms with Crippen LogP contribution in [0.25, 0.3) is 0 Å². The number of ether oxygens (including phenoxy) is 1. The zero-order chi connectivity index (χ0) is 29.9. The van der Waals surface area contributed by atoms with Gasteiger partial charge in [0, 0.05) is 31.2 Å². The maximum atomic E-state index is 13.4. The number of Topliss-reactive ketones (excluding diaryl/α,β-unsaturated/α-hetero) is 1. The SMILES string of the molecule is C[C@]12CCC(=O)C=C1CC[C@@H]1[C@@H]2[C@@H](O)C[C@@]2(C)[C@H]1CC[C@]2(O)C(=O)COC(=O)CCC(=O)N1C[C@H](O)C[C@H]1C(=O)O. The topological polar surface area (TPSA) is 179 Å². The molecule has 0 aromatic heterocycles. The number of hydrogen-bond donors (Lipinski definition) is 4. The number of carboxylic acid groups (broad SMARTS) is 1. The van der Waals surface area contributed by atoms with Crippen molar-refractivity contribution in [1.29, 1.82) is 0 Å². The molecule has 1 saturated heterocycles. The Morgan fingerprint density at radius 1 is 1.07 bits per heavy atom. The summed E-state index contributed by atoms with van der Waals surface area (Å²) >= 11 is 0. The van der Waals surface area contributed by atoms with Crippen molar-refractivity contribution in [3.8, 4) is 0 Å². The van der Waals surface area contributed by atoms with E-state index >= 15 is 0 Å². The Kier molecular flexibility index (Phi) is 7.70. The highest BCUT2D eigenvalue weighted by Gasteiger charge is 2.68. The van der Waals surface area contributed by atoms with E-state index in [2.05, 4.69) is 6.92 Å². The van der Waals surface area contributed by atoms with Gasteiger partial charge in [-0.15, -0.1) is 0 Å². The van der Waals surface area contributed by atoms with E-state index in [-0.39, 0.29) is 67.6 Å². The van der Waals surface area contributed by atoms with Crippen LogP contribution in [-0.4, -0.2) is 91.7 Å². The third-order valence-electron chi connectivity index (χ3n) is 11.3. The van der Waals surface area contributed by atoms with E-state index < -0.39 is 59.5 Å². The number of allylic oxidation sites excluding steroid dienone is 1. The molecule has 1 heterocycles. The summed E-state index contributed by atoms with van der Waals surface area (Å²) in [5, 5.41) is 42.3. The van der Waals surface area contributed by atoms with E-state index in [0.717, 1.165) is 23.3 Å². The van der Waals surface area contributed by atoms with Gasteiger partial charge in [-0.3, -0.25) is 19.2 Å². The maximum Gasteiger partial charge on any atom is 0.326 e. The first kappa shape index (κ1) is 29.8. The highest BCUT2D eigenvalue weighted by atomic mass is 16.5. The minimum absolute atomic E-state index is 0.00725. The van der Waals surface area contributed by atoms with Crippen LogP contribution in [0.2, 0.25) is 0 Å². The highest BCUT2D eigenvalue weighted by molar-refractivity contribution is 5.92. The van der Waals surface area contributed by atoms with E-state index in [9.17, 15) is 44.4 Å². The zero-order valence-corrected chi connectivity index (χ0v) is 23.7. The molecule has 0 radical (unpaired) electrons. The Balaban J connectivity index is 1.21. The fourth-order valence-electron chi connectivity index (χ4n) is 9.16. The van der Waals surface area contributed by atoms with E-state index in [4.69, 9.17) is 4.74 Å². The number of rotatable bonds is 7. The van der Waals surface area contributed by atoms with Crippen LogP contribution in [0.15, 0.2) is 11.6 Å². The van der Waals surface area contributed by atoms with Gasteiger partial charge in [0.15, 0.2) is 12.4 Å². The number of hydrogen-bond acceptors (Lipinski definition) is 9. The molecule has 11 nitrogen and oxygen atoms in total. The third kappa shape index (κ3) is 4.83. The van der Waals surface area contributed by atoms with Crippen molar-refractivity contribution in [2.75, 3.05) is 13.2 Å². The van der Waals surface area contributed by atoms with Gasteiger partial charge in [-0.05, 0) is 67.8 Å². The average molecular weight is 576 g/mol. The third-order valence-corrected chi connectivity index (χ3v) is 11.3. The molecule has 0 aromatic carbocycles. The number of aliphatic carboxylic acids is 1. The molecule has 4 aliphatic carbocycles. The summed E-state index contributed by atoms with van der Waals surface area (Å²) < 4.78 is 5.16. The average Bonchev–Trinajstić information content (AvgIpc) is 3.43. The molecule has 0 unspecified atom stereocenters. The lowest BCUT2D eigenvalue weighted by molar-refractivity contribution is -0.184. The molecule has 0 bridgehead atoms. The molecular weight excluding hydrogens is 534 g/mol. The van der Waals surface area contributed by atoms with E-state index in [0.29, 0.717) is 19.3 Å². The Morgan fingerprint density at radius 2 is 1.80 bits per heavy atom. The molecule has 9 atom stereocenters. The Morgan fingerprint density at radius 3 is 2.51 bits per heavy atom. The summed E-state index contributed by atoms with van der Waals surface area (Å²) in [6, 6.07) is -1.15. The van der Waals surface area contributed by atoms with Crippen LogP contribution in [-0.2, 0) is 28.7 Å². The second-order valence-corrected chi connectivity index (χ2v) is 13.3. The monoisotopic (exact) mass is 575 g/mol. The van der Waals surface area contributed by atoms with Crippen LogP contribution in [0.1, 0.15) is 78.1 Å². The Labute approximate surface area is 238 Å². The number of esters is 1. The van der Waals surface area contributed by atoms with Gasteiger partial charge in [-0.2, -0.15) is 0 Å². The van der Waals surface area contributed by atoms with Gasteiger partial charge in [0.25, 0.3) is 0 Å². The lowest BCUT2D eigenvalue weighted by Crippen LogP contribution is -2.62. The highest BCUT2D eigenvalue weighted by Crippen LogP contribution is 2.67. The minimum atomic E-state index is -1.78. The molecule has 5 rings (SSSR count). The predicted molar refractivity (Wildman–Crippen MR) is 142 cm³/mol. The molecule has 4 fully saturated rings. The molecule has 41 heavy (non-hydrogen) atoms. The summed E-state index contributed by atoms with van der Waals surface area (Å²) in [6.07, 6.45) is 2.99. The van der Waals surface area contributed by atoms with Gasteiger partial charge < -0.3 is 30.1 Å². The van der Waals surface area contributed by atoms with Crippen molar-refractivity contribution >= 4 is 29.4 Å². The second kappa shape index (κ2) is 10.6. The largest absolute Gasteiger partial charge is 0.480 e. The van der Waals surface area contributed by atoms with Crippen LogP contribution in [0.4, 0.5) is 0 Å². The number of aliphatic hydroxyl groups is 3. The molecule has 0 aromatic rings. The number of likely N-dealkylation sites (tertiary alicyclic amines) is 1. The first-order valence-corrected chi connectivity index (χ1v) is 14.7. The molecular formula is C30H41NO10. The van der Waals surface area contributed by atoms with Crippen molar-refractivity contribution in [2.24, 2.45) is 28.6 Å². The van der Waals surface area contributed by atoms with Crippen molar-refractivity contribution in [2.45, 2.75) is 102 Å². The van der Waals surface area contributed by atoms with Crippen molar-refractivity contribution < 1.29 is 49.1 Å². The fourth-order valence-corrected chi connectivity index (χ4v) is 9.16. The molecule has 5 aliphatic rings. The van der Waals surface area contributed by atoms with Crippen LogP contribution in [0.3, 0.4) is 0 Å². The minimum Gasteiger partial charge on any atom is -0.480 e. The summed E-state index contributed by atoms with van der Waals surface area (Å²) in [5.41, 5.74) is -1.86. The molecule has 1 amide bonds. The Hall–Kier alpha value is -2.63. The number of carbonyl (C=O) groups is 5. The molecule has 11 heteroatoms. The quantitative estimate of drug-likeness (QED) is 0.322.